The maximum Gasteiger partial charge on any atom is 0.418 e. The quantitative estimate of drug-likeness (QED) is 0.667. The standard InChI is InChI=1S/C22H26N2O6/c25-16-6-14-23-21(26)30-20-9-4-5-15-24(20)22(27)29-19-12-10-18(11-13-19)28-17-7-2-1-3-8-17/h1-3,7-8,10-13,20,25H,4-6,9,14-16H2,(H,23,26). The summed E-state index contributed by atoms with van der Waals surface area (Å²) < 4.78 is 16.5. The zero-order chi connectivity index (χ0) is 21.2. The number of benzene rings is 2. The summed E-state index contributed by atoms with van der Waals surface area (Å²) in [6.07, 6.45) is 0.785. The zero-order valence-electron chi connectivity index (χ0n) is 16.7. The van der Waals surface area contributed by atoms with Crippen molar-refractivity contribution in [3.8, 4) is 17.2 Å². The molecule has 8 heteroatoms. The zero-order valence-corrected chi connectivity index (χ0v) is 16.7. The minimum absolute atomic E-state index is 0.0165. The van der Waals surface area contributed by atoms with Gasteiger partial charge < -0.3 is 24.6 Å². The van der Waals surface area contributed by atoms with E-state index in [1.807, 2.05) is 30.3 Å². The van der Waals surface area contributed by atoms with Crippen LogP contribution in [0.25, 0.3) is 0 Å². The van der Waals surface area contributed by atoms with Crippen LogP contribution in [0.4, 0.5) is 9.59 Å². The lowest BCUT2D eigenvalue weighted by Crippen LogP contribution is -2.48. The Labute approximate surface area is 175 Å². The number of hydrogen-bond donors (Lipinski definition) is 2. The average molecular weight is 414 g/mol. The van der Waals surface area contributed by atoms with E-state index in [0.29, 0.717) is 43.2 Å². The Morgan fingerprint density at radius 3 is 2.43 bits per heavy atom. The lowest BCUT2D eigenvalue weighted by atomic mass is 10.1. The molecule has 3 rings (SSSR count). The number of ether oxygens (including phenoxy) is 3. The summed E-state index contributed by atoms with van der Waals surface area (Å²) in [7, 11) is 0. The second-order valence-electron chi connectivity index (χ2n) is 6.81. The van der Waals surface area contributed by atoms with Gasteiger partial charge in [0.15, 0.2) is 6.23 Å². The summed E-state index contributed by atoms with van der Waals surface area (Å²) in [5, 5.41) is 11.3. The molecule has 0 saturated carbocycles. The van der Waals surface area contributed by atoms with Gasteiger partial charge in [-0.2, -0.15) is 0 Å². The molecule has 8 nitrogen and oxygen atoms in total. The molecule has 2 N–H and O–H groups in total. The summed E-state index contributed by atoms with van der Waals surface area (Å²) in [5.74, 6) is 1.71. The van der Waals surface area contributed by atoms with Gasteiger partial charge in [0, 0.05) is 26.1 Å². The number of rotatable bonds is 7. The predicted molar refractivity (Wildman–Crippen MR) is 110 cm³/mol. The van der Waals surface area contributed by atoms with Gasteiger partial charge in [0.1, 0.15) is 17.2 Å². The van der Waals surface area contributed by atoms with Crippen LogP contribution in [0, 0.1) is 0 Å². The molecule has 1 saturated heterocycles. The fourth-order valence-electron chi connectivity index (χ4n) is 3.03. The summed E-state index contributed by atoms with van der Waals surface area (Å²) in [4.78, 5) is 25.9. The molecular formula is C22H26N2O6. The number of nitrogens with one attached hydrogen (secondary N) is 1. The molecule has 30 heavy (non-hydrogen) atoms. The lowest BCUT2D eigenvalue weighted by molar-refractivity contribution is -0.0224. The van der Waals surface area contributed by atoms with Gasteiger partial charge >= 0.3 is 12.2 Å². The number of carbonyl (C=O) groups is 2. The van der Waals surface area contributed by atoms with E-state index >= 15 is 0 Å². The van der Waals surface area contributed by atoms with E-state index in [1.54, 1.807) is 24.3 Å². The second kappa shape index (κ2) is 11.1. The first-order valence-corrected chi connectivity index (χ1v) is 10.0. The van der Waals surface area contributed by atoms with E-state index in [2.05, 4.69) is 5.32 Å². The lowest BCUT2D eigenvalue weighted by Gasteiger charge is -2.33. The number of hydrogen-bond acceptors (Lipinski definition) is 6. The van der Waals surface area contributed by atoms with E-state index in [-0.39, 0.29) is 6.61 Å². The highest BCUT2D eigenvalue weighted by molar-refractivity contribution is 5.72. The number of aliphatic hydroxyl groups is 1. The summed E-state index contributed by atoms with van der Waals surface area (Å²) >= 11 is 0. The normalized spacial score (nSPS) is 15.9. The van der Waals surface area contributed by atoms with Crippen molar-refractivity contribution in [1.29, 1.82) is 0 Å². The first kappa shape index (κ1) is 21.4. The highest BCUT2D eigenvalue weighted by atomic mass is 16.6. The van der Waals surface area contributed by atoms with Crippen LogP contribution in [0.2, 0.25) is 0 Å². The SMILES string of the molecule is O=C(NCCCO)OC1CCCCN1C(=O)Oc1ccc(Oc2ccccc2)cc1. The fraction of sp³-hybridized carbons (Fsp3) is 0.364. The number of amides is 2. The molecular weight excluding hydrogens is 388 g/mol. The highest BCUT2D eigenvalue weighted by Gasteiger charge is 2.31. The molecule has 160 valence electrons. The van der Waals surface area contributed by atoms with Gasteiger partial charge in [-0.25, -0.2) is 9.59 Å². The maximum atomic E-state index is 12.6. The van der Waals surface area contributed by atoms with E-state index in [1.165, 1.54) is 4.90 Å². The van der Waals surface area contributed by atoms with Crippen LogP contribution < -0.4 is 14.8 Å². The van der Waals surface area contributed by atoms with Gasteiger partial charge in [-0.3, -0.25) is 4.90 Å². The summed E-state index contributed by atoms with van der Waals surface area (Å²) in [6, 6.07) is 16.1. The van der Waals surface area contributed by atoms with Crippen molar-refractivity contribution < 1.29 is 28.9 Å². The number of nitrogens with zero attached hydrogens (tertiary/aromatic N) is 1. The van der Waals surface area contributed by atoms with Gasteiger partial charge in [0.05, 0.1) is 0 Å². The summed E-state index contributed by atoms with van der Waals surface area (Å²) in [5.41, 5.74) is 0. The first-order chi connectivity index (χ1) is 14.7. The molecule has 0 radical (unpaired) electrons. The van der Waals surface area contributed by atoms with E-state index in [4.69, 9.17) is 19.3 Å². The monoisotopic (exact) mass is 414 g/mol. The molecule has 0 bridgehead atoms. The molecule has 2 aromatic carbocycles. The van der Waals surface area contributed by atoms with Gasteiger partial charge in [0.2, 0.25) is 0 Å². The number of aliphatic hydroxyl groups excluding tert-OH is 1. The third-order valence-corrected chi connectivity index (χ3v) is 4.54. The van der Waals surface area contributed by atoms with Gasteiger partial charge in [-0.1, -0.05) is 18.2 Å². The Balaban J connectivity index is 1.54. The molecule has 0 aromatic heterocycles. The first-order valence-electron chi connectivity index (χ1n) is 10.0. The Morgan fingerprint density at radius 2 is 1.70 bits per heavy atom. The van der Waals surface area contributed by atoms with Crippen LogP contribution in [0.5, 0.6) is 17.2 Å². The van der Waals surface area contributed by atoms with Crippen molar-refractivity contribution in [2.75, 3.05) is 19.7 Å². The smallest absolute Gasteiger partial charge is 0.418 e. The maximum absolute atomic E-state index is 12.6. The fourth-order valence-corrected chi connectivity index (χ4v) is 3.03. The molecule has 0 aliphatic carbocycles. The van der Waals surface area contributed by atoms with Crippen molar-refractivity contribution in [2.24, 2.45) is 0 Å². The molecule has 1 aliphatic heterocycles. The number of para-hydroxylation sites is 1. The third-order valence-electron chi connectivity index (χ3n) is 4.54. The number of carbonyl (C=O) groups excluding carboxylic acids is 2. The van der Waals surface area contributed by atoms with Crippen molar-refractivity contribution >= 4 is 12.2 Å². The van der Waals surface area contributed by atoms with Crippen molar-refractivity contribution in [3.63, 3.8) is 0 Å². The van der Waals surface area contributed by atoms with Crippen molar-refractivity contribution in [1.82, 2.24) is 10.2 Å². The van der Waals surface area contributed by atoms with Crippen LogP contribution in [0.1, 0.15) is 25.7 Å². The minimum Gasteiger partial charge on any atom is -0.457 e. The minimum atomic E-state index is -0.680. The van der Waals surface area contributed by atoms with Gasteiger partial charge in [-0.15, -0.1) is 0 Å². The highest BCUT2D eigenvalue weighted by Crippen LogP contribution is 2.25. The molecule has 2 amide bonds. The number of alkyl carbamates (subject to hydrolysis) is 1. The number of likely N-dealkylation sites (tertiary alicyclic amines) is 1. The van der Waals surface area contributed by atoms with Crippen molar-refractivity contribution in [3.05, 3.63) is 54.6 Å². The van der Waals surface area contributed by atoms with Crippen LogP contribution in [0.3, 0.4) is 0 Å². The average Bonchev–Trinajstić information content (AvgIpc) is 2.76. The predicted octanol–water partition coefficient (Wildman–Crippen LogP) is 3.90. The van der Waals surface area contributed by atoms with Crippen LogP contribution in [0.15, 0.2) is 54.6 Å². The van der Waals surface area contributed by atoms with Gasteiger partial charge in [-0.05, 0) is 55.7 Å². The van der Waals surface area contributed by atoms with Crippen LogP contribution in [-0.2, 0) is 4.74 Å². The Bertz CT molecular complexity index is 812. The van der Waals surface area contributed by atoms with Crippen molar-refractivity contribution in [2.45, 2.75) is 31.9 Å². The van der Waals surface area contributed by atoms with Crippen LogP contribution >= 0.6 is 0 Å². The van der Waals surface area contributed by atoms with E-state index in [0.717, 1.165) is 12.8 Å². The van der Waals surface area contributed by atoms with Gasteiger partial charge in [0.25, 0.3) is 0 Å². The third kappa shape index (κ3) is 6.38. The number of piperidine rings is 1. The molecule has 0 spiro atoms. The molecule has 1 aliphatic rings. The Hall–Kier alpha value is -3.26. The molecule has 2 aromatic rings. The summed E-state index contributed by atoms with van der Waals surface area (Å²) in [6.45, 7) is 0.740. The molecule has 1 unspecified atom stereocenters. The van der Waals surface area contributed by atoms with E-state index in [9.17, 15) is 9.59 Å². The largest absolute Gasteiger partial charge is 0.457 e. The molecule has 1 atom stereocenters. The second-order valence-corrected chi connectivity index (χ2v) is 6.81. The Kier molecular flexibility index (Phi) is 7.91. The van der Waals surface area contributed by atoms with Crippen LogP contribution in [-0.4, -0.2) is 48.1 Å². The molecule has 1 fully saturated rings. The van der Waals surface area contributed by atoms with E-state index < -0.39 is 18.4 Å². The molecule has 1 heterocycles. The Morgan fingerprint density at radius 1 is 1.00 bits per heavy atom. The topological polar surface area (TPSA) is 97.3 Å².